The summed E-state index contributed by atoms with van der Waals surface area (Å²) in [5.41, 5.74) is 0. The molecule has 0 heterocycles. The van der Waals surface area contributed by atoms with Gasteiger partial charge in [0.15, 0.2) is 0 Å². The van der Waals surface area contributed by atoms with E-state index in [0.29, 0.717) is 0 Å². The maximum atomic E-state index is 2.49. The maximum absolute atomic E-state index is 2.49. The van der Waals surface area contributed by atoms with Crippen LogP contribution >= 0.6 is 7.87 Å². The molecule has 0 aromatic heterocycles. The van der Waals surface area contributed by atoms with Gasteiger partial charge < -0.3 is 24.0 Å². The molecule has 0 spiro atoms. The molecule has 0 saturated heterocycles. The van der Waals surface area contributed by atoms with Crippen molar-refractivity contribution in [3.05, 3.63) is 0 Å². The molecule has 0 aliphatic heterocycles. The Hall–Kier alpha value is 1.00. The van der Waals surface area contributed by atoms with E-state index < -0.39 is 7.87 Å². The second-order valence-electron chi connectivity index (χ2n) is 4.31. The lowest BCUT2D eigenvalue weighted by molar-refractivity contribution is -0.00000398. The van der Waals surface area contributed by atoms with Crippen molar-refractivity contribution in [1.29, 1.82) is 0 Å². The van der Waals surface area contributed by atoms with Crippen LogP contribution in [0, 0.1) is 0 Å². The SMILES string of the molecule is CCN(C)[P+](N(C)C)(N(C)CC)N(C)CC.[I-]. The molecule has 0 aromatic carbocycles. The van der Waals surface area contributed by atoms with Crippen LogP contribution in [-0.4, -0.2) is 73.6 Å². The summed E-state index contributed by atoms with van der Waals surface area (Å²) in [4.78, 5) is 0. The molecule has 0 radical (unpaired) electrons. The molecule has 0 atom stereocenters. The minimum Gasteiger partial charge on any atom is -1.00 e. The van der Waals surface area contributed by atoms with Gasteiger partial charge in [0.05, 0.1) is 0 Å². The predicted molar refractivity (Wildman–Crippen MR) is 75.5 cm³/mol. The van der Waals surface area contributed by atoms with Crippen LogP contribution in [0.1, 0.15) is 20.8 Å². The lowest BCUT2D eigenvalue weighted by Gasteiger charge is -2.45. The first-order chi connectivity index (χ1) is 7.39. The van der Waals surface area contributed by atoms with Gasteiger partial charge in [0.2, 0.25) is 0 Å². The topological polar surface area (TPSA) is 13.0 Å². The van der Waals surface area contributed by atoms with Crippen LogP contribution in [0.2, 0.25) is 0 Å². The van der Waals surface area contributed by atoms with E-state index in [-0.39, 0.29) is 24.0 Å². The summed E-state index contributed by atoms with van der Waals surface area (Å²) in [6.45, 7) is 9.89. The molecule has 17 heavy (non-hydrogen) atoms. The molecule has 0 amide bonds. The Morgan fingerprint density at radius 1 is 0.647 bits per heavy atom. The number of hydrogen-bond donors (Lipinski definition) is 0. The molecule has 0 unspecified atom stereocenters. The summed E-state index contributed by atoms with van der Waals surface area (Å²) in [6, 6.07) is 0. The molecule has 0 N–H and O–H groups in total. The van der Waals surface area contributed by atoms with E-state index in [1.165, 1.54) is 0 Å². The van der Waals surface area contributed by atoms with Crippen LogP contribution in [0.15, 0.2) is 0 Å². The standard InChI is InChI=1S/C11H30N4P.HI/c1-9-13(6)16(12(4)5,14(7)10-2)15(8)11-3;/h9-11H2,1-8H3;1H/q+1;/p-1. The maximum Gasteiger partial charge on any atom is 0.307 e. The Labute approximate surface area is 126 Å². The molecule has 0 rings (SSSR count). The Bertz CT molecular complexity index is 177. The van der Waals surface area contributed by atoms with Gasteiger partial charge in [-0.05, 0) is 20.8 Å². The molecule has 0 fully saturated rings. The molecule has 106 valence electrons. The molecule has 0 aliphatic carbocycles. The van der Waals surface area contributed by atoms with Gasteiger partial charge in [0.25, 0.3) is 0 Å². The number of hydrogen-bond acceptors (Lipinski definition) is 4. The summed E-state index contributed by atoms with van der Waals surface area (Å²) in [5.74, 6) is 0. The third-order valence-corrected chi connectivity index (χ3v) is 7.95. The normalized spacial score (nSPS) is 12.7. The van der Waals surface area contributed by atoms with Gasteiger partial charge in [-0.3, -0.25) is 0 Å². The third-order valence-electron chi connectivity index (χ3n) is 3.28. The van der Waals surface area contributed by atoms with Crippen LogP contribution in [0.3, 0.4) is 0 Å². The van der Waals surface area contributed by atoms with Gasteiger partial charge in [-0.15, -0.1) is 18.7 Å². The minimum atomic E-state index is -1.51. The van der Waals surface area contributed by atoms with Crippen LogP contribution in [0.4, 0.5) is 0 Å². The monoisotopic (exact) mass is 376 g/mol. The van der Waals surface area contributed by atoms with Crippen LogP contribution in [0.5, 0.6) is 0 Å². The molecule has 0 aliphatic rings. The van der Waals surface area contributed by atoms with Gasteiger partial charge in [0.1, 0.15) is 0 Å². The van der Waals surface area contributed by atoms with Gasteiger partial charge in [0, 0.05) is 54.9 Å². The Kier molecular flexibility index (Phi) is 10.7. The van der Waals surface area contributed by atoms with Crippen molar-refractivity contribution in [2.45, 2.75) is 20.8 Å². The fourth-order valence-corrected chi connectivity index (χ4v) is 6.80. The summed E-state index contributed by atoms with van der Waals surface area (Å²) in [5, 5.41) is 0. The molecule has 0 aromatic rings. The summed E-state index contributed by atoms with van der Waals surface area (Å²) < 4.78 is 9.85. The zero-order valence-electron chi connectivity index (χ0n) is 12.7. The van der Waals surface area contributed by atoms with Crippen molar-refractivity contribution in [1.82, 2.24) is 18.7 Å². The third kappa shape index (κ3) is 3.98. The van der Waals surface area contributed by atoms with Gasteiger partial charge in [-0.2, -0.15) is 0 Å². The highest BCUT2D eigenvalue weighted by molar-refractivity contribution is 7.66. The van der Waals surface area contributed by atoms with E-state index in [1.807, 2.05) is 0 Å². The Morgan fingerprint density at radius 3 is 1.00 bits per heavy atom. The Balaban J connectivity index is 0. The van der Waals surface area contributed by atoms with Crippen molar-refractivity contribution in [3.63, 3.8) is 0 Å². The zero-order chi connectivity index (χ0) is 12.9. The first-order valence-corrected chi connectivity index (χ1v) is 7.71. The molecule has 6 heteroatoms. The van der Waals surface area contributed by atoms with E-state index in [1.54, 1.807) is 0 Å². The van der Waals surface area contributed by atoms with Crippen molar-refractivity contribution in [3.8, 4) is 0 Å². The van der Waals surface area contributed by atoms with E-state index in [0.717, 1.165) is 19.6 Å². The fraction of sp³-hybridized carbons (Fsp3) is 1.00. The fourth-order valence-electron chi connectivity index (χ4n) is 2.27. The van der Waals surface area contributed by atoms with E-state index >= 15 is 0 Å². The van der Waals surface area contributed by atoms with E-state index in [4.69, 9.17) is 0 Å². The summed E-state index contributed by atoms with van der Waals surface area (Å²) >= 11 is 0. The minimum absolute atomic E-state index is 0. The van der Waals surface area contributed by atoms with Gasteiger partial charge in [-0.1, -0.05) is 0 Å². The second kappa shape index (κ2) is 8.99. The number of nitrogens with zero attached hydrogens (tertiary/aromatic N) is 4. The first kappa shape index (κ1) is 20.3. The van der Waals surface area contributed by atoms with Gasteiger partial charge >= 0.3 is 7.87 Å². The highest BCUT2D eigenvalue weighted by Gasteiger charge is 2.53. The number of halogens is 1. The van der Waals surface area contributed by atoms with Gasteiger partial charge in [-0.25, -0.2) is 0 Å². The predicted octanol–water partition coefficient (Wildman–Crippen LogP) is -0.915. The quantitative estimate of drug-likeness (QED) is 0.421. The van der Waals surface area contributed by atoms with Crippen LogP contribution in [0.25, 0.3) is 0 Å². The van der Waals surface area contributed by atoms with Crippen molar-refractivity contribution < 1.29 is 24.0 Å². The molecule has 0 saturated carbocycles. The second-order valence-corrected chi connectivity index (χ2v) is 8.23. The van der Waals surface area contributed by atoms with Crippen LogP contribution in [-0.2, 0) is 0 Å². The molecule has 0 bridgehead atoms. The van der Waals surface area contributed by atoms with E-state index in [2.05, 4.69) is 74.7 Å². The first-order valence-electron chi connectivity index (χ1n) is 6.11. The smallest absolute Gasteiger partial charge is 0.307 e. The van der Waals surface area contributed by atoms with Crippen LogP contribution < -0.4 is 24.0 Å². The average Bonchev–Trinajstić information content (AvgIpc) is 2.28. The summed E-state index contributed by atoms with van der Waals surface area (Å²) in [7, 11) is 9.56. The van der Waals surface area contributed by atoms with Crippen molar-refractivity contribution >= 4 is 7.87 Å². The highest BCUT2D eigenvalue weighted by atomic mass is 127. The summed E-state index contributed by atoms with van der Waals surface area (Å²) in [6.07, 6.45) is 0. The highest BCUT2D eigenvalue weighted by Crippen LogP contribution is 2.66. The number of rotatable bonds is 7. The lowest BCUT2D eigenvalue weighted by Crippen LogP contribution is -3.00. The molecule has 4 nitrogen and oxygen atoms in total. The molecular weight excluding hydrogens is 346 g/mol. The zero-order valence-corrected chi connectivity index (χ0v) is 15.8. The molecular formula is C11H30IN4P. The average molecular weight is 376 g/mol. The van der Waals surface area contributed by atoms with E-state index in [9.17, 15) is 0 Å². The largest absolute Gasteiger partial charge is 1.00 e. The van der Waals surface area contributed by atoms with Crippen molar-refractivity contribution in [2.24, 2.45) is 0 Å². The van der Waals surface area contributed by atoms with Crippen molar-refractivity contribution in [2.75, 3.05) is 54.9 Å². The Morgan fingerprint density at radius 2 is 0.882 bits per heavy atom. The lowest BCUT2D eigenvalue weighted by atomic mass is 10.8.